The molecule has 0 aromatic heterocycles. The van der Waals surface area contributed by atoms with E-state index in [1.54, 1.807) is 0 Å². The number of fused-ring (bicyclic) bond motifs is 4. The highest BCUT2D eigenvalue weighted by Gasteiger charge is 2.29. The molecule has 0 saturated heterocycles. The summed E-state index contributed by atoms with van der Waals surface area (Å²) in [5, 5.41) is 8.65. The molecule has 0 spiro atoms. The predicted octanol–water partition coefficient (Wildman–Crippen LogP) is 12.8. The first kappa shape index (κ1) is 37.3. The zero-order valence-electron chi connectivity index (χ0n) is 32.5. The van der Waals surface area contributed by atoms with Crippen LogP contribution in [0.5, 0.6) is 11.5 Å². The van der Waals surface area contributed by atoms with Gasteiger partial charge in [-0.05, 0) is 114 Å². The average Bonchev–Trinajstić information content (AvgIpc) is 3.19. The van der Waals surface area contributed by atoms with Crippen LogP contribution in [0.25, 0.3) is 65.3 Å². The number of hydrogen-bond acceptors (Lipinski definition) is 4. The lowest BCUT2D eigenvalue weighted by atomic mass is 9.74. The molecule has 0 saturated carbocycles. The number of benzene rings is 8. The third-order valence-electron chi connectivity index (χ3n) is 11.2. The number of hydrogen-bond donors (Lipinski definition) is 2. The minimum atomic E-state index is -0.840. The molecule has 0 aliphatic carbocycles. The fourth-order valence-electron chi connectivity index (χ4n) is 9.04. The molecule has 0 radical (unpaired) electrons. The van der Waals surface area contributed by atoms with Crippen molar-refractivity contribution in [3.05, 3.63) is 157 Å². The van der Waals surface area contributed by atoms with E-state index in [0.717, 1.165) is 89.3 Å². The molecule has 8 aromatic rings. The van der Waals surface area contributed by atoms with Gasteiger partial charge in [0.15, 0.2) is 0 Å². The summed E-state index contributed by atoms with van der Waals surface area (Å²) in [4.78, 5) is 24.8. The summed E-state index contributed by atoms with van der Waals surface area (Å²) in [7, 11) is 0. The highest BCUT2D eigenvalue weighted by molar-refractivity contribution is 6.09. The van der Waals surface area contributed by atoms with Crippen molar-refractivity contribution in [3.63, 3.8) is 0 Å². The van der Waals surface area contributed by atoms with Crippen LogP contribution in [0.1, 0.15) is 44.7 Å². The third kappa shape index (κ3) is 7.64. The number of amides is 2. The first-order valence-corrected chi connectivity index (χ1v) is 19.6. The van der Waals surface area contributed by atoms with Gasteiger partial charge >= 0.3 is 12.2 Å². The molecule has 0 fully saturated rings. The fourth-order valence-corrected chi connectivity index (χ4v) is 9.04. The molecule has 0 aliphatic heterocycles. The number of carbonyl (C=O) groups is 2. The Hall–Kier alpha value is -6.66. The quantitative estimate of drug-likeness (QED) is 0.137. The van der Waals surface area contributed by atoms with E-state index in [9.17, 15) is 9.59 Å². The summed E-state index contributed by atoms with van der Waals surface area (Å²) >= 11 is 0. The molecule has 0 heterocycles. The van der Waals surface area contributed by atoms with Crippen molar-refractivity contribution in [2.24, 2.45) is 22.8 Å². The highest BCUT2D eigenvalue weighted by atomic mass is 16.6. The molecule has 0 bridgehead atoms. The van der Waals surface area contributed by atoms with Crippen LogP contribution in [0.4, 0.5) is 9.59 Å². The van der Waals surface area contributed by atoms with Gasteiger partial charge in [-0.2, -0.15) is 0 Å². The van der Waals surface area contributed by atoms with Crippen molar-refractivity contribution < 1.29 is 19.1 Å². The van der Waals surface area contributed by atoms with Crippen molar-refractivity contribution in [2.75, 3.05) is 0 Å². The zero-order valence-corrected chi connectivity index (χ0v) is 32.5. The Labute approximate surface area is 333 Å². The van der Waals surface area contributed by atoms with Gasteiger partial charge in [-0.3, -0.25) is 0 Å². The monoisotopic (exact) mass is 750 g/mol. The standard InChI is InChI=1S/C51H46N2O4/c1-32(26-27-43-45(56-49(52)54)28-35-16-6-10-22-39(35)47(43)41-24-12-18-33-14-4-8-20-37(33)41)30-51(2,3)31-44-46(57-50(53)55)29-36-17-7-11-23-40(36)48(44)42-25-13-19-34-15-5-9-21-38(34)42/h4-25,28-29,32H,26-27,30-31H2,1-3H3,(H2,52,54)(H2,53,55). The van der Waals surface area contributed by atoms with E-state index >= 15 is 0 Å². The molecule has 8 aromatic carbocycles. The molecular formula is C51H46N2O4. The summed E-state index contributed by atoms with van der Waals surface area (Å²) in [6, 6.07) is 49.8. The molecular weight excluding hydrogens is 705 g/mol. The minimum absolute atomic E-state index is 0.231. The van der Waals surface area contributed by atoms with Gasteiger partial charge in [-0.25, -0.2) is 9.59 Å². The molecule has 284 valence electrons. The number of rotatable bonds is 11. The van der Waals surface area contributed by atoms with Crippen molar-refractivity contribution in [1.82, 2.24) is 0 Å². The molecule has 8 rings (SSSR count). The zero-order chi connectivity index (χ0) is 39.7. The lowest BCUT2D eigenvalue weighted by Crippen LogP contribution is -2.22. The van der Waals surface area contributed by atoms with Crippen molar-refractivity contribution >= 4 is 55.3 Å². The van der Waals surface area contributed by atoms with Gasteiger partial charge in [0.1, 0.15) is 11.5 Å². The van der Waals surface area contributed by atoms with E-state index in [2.05, 4.69) is 118 Å². The number of nitrogens with two attached hydrogens (primary N) is 2. The lowest BCUT2D eigenvalue weighted by Gasteiger charge is -2.31. The molecule has 2 amide bonds. The Morgan fingerprint density at radius 3 is 1.44 bits per heavy atom. The topological polar surface area (TPSA) is 105 Å². The lowest BCUT2D eigenvalue weighted by molar-refractivity contribution is 0.208. The smallest absolute Gasteiger partial charge is 0.409 e. The van der Waals surface area contributed by atoms with Gasteiger partial charge in [-0.1, -0.05) is 154 Å². The van der Waals surface area contributed by atoms with Crippen LogP contribution in [0.2, 0.25) is 0 Å². The van der Waals surface area contributed by atoms with Crippen LogP contribution in [0.15, 0.2) is 146 Å². The Bertz CT molecular complexity index is 2810. The van der Waals surface area contributed by atoms with Crippen LogP contribution >= 0.6 is 0 Å². The second-order valence-electron chi connectivity index (χ2n) is 16.0. The molecule has 1 atom stereocenters. The Morgan fingerprint density at radius 1 is 0.544 bits per heavy atom. The maximum Gasteiger partial charge on any atom is 0.409 e. The predicted molar refractivity (Wildman–Crippen MR) is 234 cm³/mol. The summed E-state index contributed by atoms with van der Waals surface area (Å²) in [5.41, 5.74) is 17.3. The molecule has 4 N–H and O–H groups in total. The van der Waals surface area contributed by atoms with E-state index in [1.807, 2.05) is 48.5 Å². The van der Waals surface area contributed by atoms with Crippen LogP contribution in [0.3, 0.4) is 0 Å². The maximum absolute atomic E-state index is 12.4. The summed E-state index contributed by atoms with van der Waals surface area (Å²) in [6.45, 7) is 6.83. The van der Waals surface area contributed by atoms with E-state index in [4.69, 9.17) is 20.9 Å². The summed E-state index contributed by atoms with van der Waals surface area (Å²) < 4.78 is 11.6. The molecule has 1 unspecified atom stereocenters. The van der Waals surface area contributed by atoms with Gasteiger partial charge in [0.05, 0.1) is 0 Å². The van der Waals surface area contributed by atoms with Gasteiger partial charge in [0.25, 0.3) is 0 Å². The van der Waals surface area contributed by atoms with Gasteiger partial charge in [-0.15, -0.1) is 0 Å². The highest BCUT2D eigenvalue weighted by Crippen LogP contribution is 2.46. The van der Waals surface area contributed by atoms with Crippen molar-refractivity contribution in [1.29, 1.82) is 0 Å². The van der Waals surface area contributed by atoms with Crippen LogP contribution in [-0.4, -0.2) is 12.2 Å². The normalized spacial score (nSPS) is 12.3. The van der Waals surface area contributed by atoms with Crippen LogP contribution in [0, 0.1) is 11.3 Å². The Kier molecular flexibility index (Phi) is 10.1. The molecule has 0 aliphatic rings. The van der Waals surface area contributed by atoms with Gasteiger partial charge in [0, 0.05) is 11.1 Å². The number of carbonyl (C=O) groups excluding carboxylic acids is 2. The Morgan fingerprint density at radius 2 is 0.947 bits per heavy atom. The molecule has 6 nitrogen and oxygen atoms in total. The number of ether oxygens (including phenoxy) is 2. The number of primary amides is 2. The van der Waals surface area contributed by atoms with Crippen molar-refractivity contribution in [2.45, 2.75) is 46.5 Å². The van der Waals surface area contributed by atoms with E-state index < -0.39 is 12.2 Å². The summed E-state index contributed by atoms with van der Waals surface area (Å²) in [5.74, 6) is 1.23. The Balaban J connectivity index is 1.17. The first-order chi connectivity index (χ1) is 27.6. The second-order valence-corrected chi connectivity index (χ2v) is 16.0. The minimum Gasteiger partial charge on any atom is -0.410 e. The van der Waals surface area contributed by atoms with Gasteiger partial charge < -0.3 is 20.9 Å². The SMILES string of the molecule is CC(CCc1c(OC(N)=O)cc2ccccc2c1-c1cccc2ccccc12)CC(C)(C)Cc1c(OC(N)=O)cc2ccccc2c1-c1cccc2ccccc12. The van der Waals surface area contributed by atoms with E-state index in [1.165, 1.54) is 0 Å². The van der Waals surface area contributed by atoms with Crippen LogP contribution < -0.4 is 20.9 Å². The summed E-state index contributed by atoms with van der Waals surface area (Å²) in [6.07, 6.45) is 1.32. The van der Waals surface area contributed by atoms with E-state index in [-0.39, 0.29) is 11.3 Å². The average molecular weight is 751 g/mol. The third-order valence-corrected chi connectivity index (χ3v) is 11.2. The molecule has 57 heavy (non-hydrogen) atoms. The van der Waals surface area contributed by atoms with Crippen LogP contribution in [-0.2, 0) is 12.8 Å². The van der Waals surface area contributed by atoms with Gasteiger partial charge in [0.2, 0.25) is 0 Å². The van der Waals surface area contributed by atoms with Crippen molar-refractivity contribution in [3.8, 4) is 33.8 Å². The van der Waals surface area contributed by atoms with E-state index in [0.29, 0.717) is 24.3 Å². The largest absolute Gasteiger partial charge is 0.410 e. The first-order valence-electron chi connectivity index (χ1n) is 19.6. The maximum atomic E-state index is 12.4. The fraction of sp³-hybridized carbons (Fsp3) is 0.176. The second kappa shape index (κ2) is 15.5. The molecule has 6 heteroatoms.